The van der Waals surface area contributed by atoms with E-state index in [2.05, 4.69) is 20.2 Å². The molecule has 7 heteroatoms. The summed E-state index contributed by atoms with van der Waals surface area (Å²) < 4.78 is 6.69. The largest absolute Gasteiger partial charge is 0.462 e. The van der Waals surface area contributed by atoms with Gasteiger partial charge in [-0.1, -0.05) is 0 Å². The van der Waals surface area contributed by atoms with Crippen LogP contribution < -0.4 is 0 Å². The van der Waals surface area contributed by atoms with Crippen LogP contribution in [0.1, 0.15) is 17.3 Å². The van der Waals surface area contributed by atoms with Crippen molar-refractivity contribution in [3.63, 3.8) is 0 Å². The summed E-state index contributed by atoms with van der Waals surface area (Å²) in [6.45, 7) is 2.10. The lowest BCUT2D eigenvalue weighted by atomic mass is 10.2. The molecule has 20 heavy (non-hydrogen) atoms. The van der Waals surface area contributed by atoms with Crippen LogP contribution in [-0.2, 0) is 4.74 Å². The van der Waals surface area contributed by atoms with E-state index in [1.807, 2.05) is 0 Å². The van der Waals surface area contributed by atoms with Crippen LogP contribution in [0.25, 0.3) is 17.0 Å². The highest BCUT2D eigenvalue weighted by Gasteiger charge is 2.12. The number of rotatable bonds is 3. The number of carbonyl (C=O) groups excluding carboxylic acids is 1. The second kappa shape index (κ2) is 5.04. The van der Waals surface area contributed by atoms with E-state index in [9.17, 15) is 4.79 Å². The van der Waals surface area contributed by atoms with Crippen LogP contribution in [0.2, 0.25) is 0 Å². The molecule has 0 atom stereocenters. The number of ether oxygens (including phenoxy) is 1. The minimum atomic E-state index is -0.377. The smallest absolute Gasteiger partial charge is 0.339 e. The van der Waals surface area contributed by atoms with Gasteiger partial charge in [-0.15, -0.1) is 10.2 Å². The molecule has 7 nitrogen and oxygen atoms in total. The van der Waals surface area contributed by atoms with E-state index in [0.717, 1.165) is 5.56 Å². The Labute approximate surface area is 114 Å². The minimum absolute atomic E-state index is 0.332. The fraction of sp³-hybridized carbons (Fsp3) is 0.154. The maximum absolute atomic E-state index is 11.8. The third-order valence-electron chi connectivity index (χ3n) is 2.73. The predicted molar refractivity (Wildman–Crippen MR) is 70.0 cm³/mol. The standard InChI is InChI=1S/C13H11N5O2/c1-2-20-13(19)9-3-4-11-16-17-12(18(11)7-9)10-5-14-8-15-6-10/h3-8H,2H2,1H3. The Bertz CT molecular complexity index is 754. The normalized spacial score (nSPS) is 10.7. The molecule has 0 aliphatic rings. The fourth-order valence-electron chi connectivity index (χ4n) is 1.84. The van der Waals surface area contributed by atoms with Crippen molar-refractivity contribution in [2.75, 3.05) is 6.61 Å². The average Bonchev–Trinajstić information content (AvgIpc) is 2.91. The topological polar surface area (TPSA) is 82.3 Å². The van der Waals surface area contributed by atoms with Crippen LogP contribution in [0.15, 0.2) is 37.1 Å². The SMILES string of the molecule is CCOC(=O)c1ccc2nnc(-c3cncnc3)n2c1. The molecule has 0 fully saturated rings. The molecule has 100 valence electrons. The van der Waals surface area contributed by atoms with Gasteiger partial charge in [0.1, 0.15) is 6.33 Å². The van der Waals surface area contributed by atoms with Gasteiger partial charge < -0.3 is 4.74 Å². The zero-order valence-electron chi connectivity index (χ0n) is 10.7. The van der Waals surface area contributed by atoms with Crippen LogP contribution in [0.5, 0.6) is 0 Å². The summed E-state index contributed by atoms with van der Waals surface area (Å²) in [6.07, 6.45) is 6.37. The van der Waals surface area contributed by atoms with E-state index in [0.29, 0.717) is 23.6 Å². The molecule has 3 heterocycles. The molecule has 0 spiro atoms. The van der Waals surface area contributed by atoms with Gasteiger partial charge in [0.15, 0.2) is 11.5 Å². The number of esters is 1. The van der Waals surface area contributed by atoms with Crippen molar-refractivity contribution in [2.24, 2.45) is 0 Å². The molecule has 0 N–H and O–H groups in total. The van der Waals surface area contributed by atoms with Gasteiger partial charge in [-0.25, -0.2) is 14.8 Å². The van der Waals surface area contributed by atoms with E-state index < -0.39 is 0 Å². The summed E-state index contributed by atoms with van der Waals surface area (Å²) in [7, 11) is 0. The average molecular weight is 269 g/mol. The molecule has 0 saturated heterocycles. The molecular weight excluding hydrogens is 258 g/mol. The first-order chi connectivity index (χ1) is 9.79. The second-order valence-corrected chi connectivity index (χ2v) is 4.02. The Hall–Kier alpha value is -2.83. The maximum Gasteiger partial charge on any atom is 0.339 e. The summed E-state index contributed by atoms with van der Waals surface area (Å²) in [6, 6.07) is 3.37. The van der Waals surface area contributed by atoms with E-state index in [1.54, 1.807) is 42.0 Å². The van der Waals surface area contributed by atoms with Crippen LogP contribution >= 0.6 is 0 Å². The van der Waals surface area contributed by atoms with Gasteiger partial charge in [0.2, 0.25) is 0 Å². The minimum Gasteiger partial charge on any atom is -0.462 e. The van der Waals surface area contributed by atoms with Crippen LogP contribution in [-0.4, -0.2) is 37.1 Å². The number of nitrogens with zero attached hydrogens (tertiary/aromatic N) is 5. The summed E-state index contributed by atoms with van der Waals surface area (Å²) in [5, 5.41) is 8.14. The highest BCUT2D eigenvalue weighted by Crippen LogP contribution is 2.17. The summed E-state index contributed by atoms with van der Waals surface area (Å²) in [5.74, 6) is 0.199. The second-order valence-electron chi connectivity index (χ2n) is 4.02. The summed E-state index contributed by atoms with van der Waals surface area (Å²) in [5.41, 5.74) is 1.80. The monoisotopic (exact) mass is 269 g/mol. The molecular formula is C13H11N5O2. The molecule has 0 saturated carbocycles. The molecule has 0 amide bonds. The van der Waals surface area contributed by atoms with E-state index in [1.165, 1.54) is 6.33 Å². The first kappa shape index (κ1) is 12.2. The predicted octanol–water partition coefficient (Wildman–Crippen LogP) is 1.36. The zero-order valence-corrected chi connectivity index (χ0v) is 10.7. The number of hydrogen-bond acceptors (Lipinski definition) is 6. The molecule has 3 aromatic rings. The third-order valence-corrected chi connectivity index (χ3v) is 2.73. The molecule has 0 unspecified atom stereocenters. The molecule has 0 radical (unpaired) electrons. The number of aromatic nitrogens is 5. The Morgan fingerprint density at radius 2 is 2.05 bits per heavy atom. The maximum atomic E-state index is 11.8. The van der Waals surface area contributed by atoms with Crippen molar-refractivity contribution in [1.82, 2.24) is 24.6 Å². The lowest BCUT2D eigenvalue weighted by molar-refractivity contribution is 0.0526. The molecule has 0 aliphatic carbocycles. The lowest BCUT2D eigenvalue weighted by Gasteiger charge is -2.03. The van der Waals surface area contributed by atoms with Crippen molar-refractivity contribution in [3.8, 4) is 11.4 Å². The molecule has 0 bridgehead atoms. The van der Waals surface area contributed by atoms with Crippen molar-refractivity contribution in [1.29, 1.82) is 0 Å². The third kappa shape index (κ3) is 2.09. The Morgan fingerprint density at radius 3 is 2.80 bits per heavy atom. The first-order valence-corrected chi connectivity index (χ1v) is 6.07. The quantitative estimate of drug-likeness (QED) is 0.668. The Balaban J connectivity index is 2.11. The Morgan fingerprint density at radius 1 is 1.25 bits per heavy atom. The van der Waals surface area contributed by atoms with E-state index in [4.69, 9.17) is 4.74 Å². The van der Waals surface area contributed by atoms with Gasteiger partial charge in [-0.05, 0) is 19.1 Å². The number of pyridine rings is 1. The van der Waals surface area contributed by atoms with Gasteiger partial charge in [0.05, 0.1) is 17.7 Å². The fourth-order valence-corrected chi connectivity index (χ4v) is 1.84. The van der Waals surface area contributed by atoms with Crippen LogP contribution in [0.4, 0.5) is 0 Å². The lowest BCUT2D eigenvalue weighted by Crippen LogP contribution is -2.06. The van der Waals surface area contributed by atoms with Crippen molar-refractivity contribution < 1.29 is 9.53 Å². The van der Waals surface area contributed by atoms with Crippen LogP contribution in [0, 0.1) is 0 Å². The van der Waals surface area contributed by atoms with Crippen molar-refractivity contribution in [3.05, 3.63) is 42.6 Å². The van der Waals surface area contributed by atoms with E-state index in [-0.39, 0.29) is 5.97 Å². The van der Waals surface area contributed by atoms with Gasteiger partial charge in [-0.2, -0.15) is 0 Å². The van der Waals surface area contributed by atoms with Crippen LogP contribution in [0.3, 0.4) is 0 Å². The van der Waals surface area contributed by atoms with Gasteiger partial charge >= 0.3 is 5.97 Å². The summed E-state index contributed by atoms with van der Waals surface area (Å²) in [4.78, 5) is 19.7. The van der Waals surface area contributed by atoms with Crippen molar-refractivity contribution in [2.45, 2.75) is 6.92 Å². The molecule has 0 aliphatic heterocycles. The van der Waals surface area contributed by atoms with Gasteiger partial charge in [0, 0.05) is 18.6 Å². The zero-order chi connectivity index (χ0) is 13.9. The number of hydrogen-bond donors (Lipinski definition) is 0. The highest BCUT2D eigenvalue weighted by atomic mass is 16.5. The van der Waals surface area contributed by atoms with Crippen molar-refractivity contribution >= 4 is 11.6 Å². The molecule has 0 aromatic carbocycles. The molecule has 3 aromatic heterocycles. The van der Waals surface area contributed by atoms with Gasteiger partial charge in [0.25, 0.3) is 0 Å². The first-order valence-electron chi connectivity index (χ1n) is 6.07. The number of fused-ring (bicyclic) bond motifs is 1. The summed E-state index contributed by atoms with van der Waals surface area (Å²) >= 11 is 0. The van der Waals surface area contributed by atoms with E-state index >= 15 is 0 Å². The highest BCUT2D eigenvalue weighted by molar-refractivity contribution is 5.89. The Kier molecular flexibility index (Phi) is 3.08. The number of carbonyl (C=O) groups is 1. The van der Waals surface area contributed by atoms with Gasteiger partial charge in [-0.3, -0.25) is 4.40 Å². The molecule has 3 rings (SSSR count).